The maximum absolute atomic E-state index is 12.8. The van der Waals surface area contributed by atoms with Gasteiger partial charge in [0.25, 0.3) is 0 Å². The predicted octanol–water partition coefficient (Wildman–Crippen LogP) is 3.86. The van der Waals surface area contributed by atoms with Crippen LogP contribution in [-0.2, 0) is 6.18 Å². The Morgan fingerprint density at radius 1 is 1.26 bits per heavy atom. The Morgan fingerprint density at radius 3 is 2.26 bits per heavy atom. The van der Waals surface area contributed by atoms with Crippen LogP contribution < -0.4 is 5.32 Å². The number of carboxylic acids is 1. The van der Waals surface area contributed by atoms with Gasteiger partial charge in [-0.3, -0.25) is 0 Å². The average molecular weight is 275 g/mol. The lowest BCUT2D eigenvalue weighted by Crippen LogP contribution is -2.20. The molecule has 0 amide bonds. The van der Waals surface area contributed by atoms with Crippen LogP contribution in [0.25, 0.3) is 0 Å². The van der Waals surface area contributed by atoms with E-state index in [1.165, 1.54) is 6.07 Å². The van der Waals surface area contributed by atoms with Crippen molar-refractivity contribution in [3.8, 4) is 0 Å². The molecule has 2 N–H and O–H groups in total. The third kappa shape index (κ3) is 4.46. The zero-order valence-electron chi connectivity index (χ0n) is 10.9. The van der Waals surface area contributed by atoms with Crippen LogP contribution >= 0.6 is 0 Å². The highest BCUT2D eigenvalue weighted by Crippen LogP contribution is 2.34. The van der Waals surface area contributed by atoms with Crippen molar-refractivity contribution in [3.63, 3.8) is 0 Å². The van der Waals surface area contributed by atoms with E-state index in [2.05, 4.69) is 5.32 Å². The zero-order chi connectivity index (χ0) is 14.8. The third-order valence-corrected chi connectivity index (χ3v) is 2.38. The quantitative estimate of drug-likeness (QED) is 0.880. The summed E-state index contributed by atoms with van der Waals surface area (Å²) in [4.78, 5) is 10.8. The van der Waals surface area contributed by atoms with E-state index in [9.17, 15) is 18.0 Å². The van der Waals surface area contributed by atoms with Gasteiger partial charge in [-0.25, -0.2) is 4.79 Å². The first-order chi connectivity index (χ1) is 8.50. The van der Waals surface area contributed by atoms with Crippen LogP contribution in [0.4, 0.5) is 18.9 Å². The molecule has 0 unspecified atom stereocenters. The lowest BCUT2D eigenvalue weighted by molar-refractivity contribution is -0.138. The van der Waals surface area contributed by atoms with E-state index in [1.54, 1.807) is 0 Å². The number of alkyl halides is 3. The molecule has 0 bridgehead atoms. The standard InChI is InChI=1S/C13H16F3NO2/c1-12(2,3)7-17-8-4-5-9(11(18)19)10(6-8)13(14,15)16/h4-6,17H,7H2,1-3H3,(H,18,19). The number of carboxylic acid groups (broad SMARTS) is 1. The second kappa shape index (κ2) is 5.11. The molecule has 106 valence electrons. The Labute approximate surface area is 109 Å². The molecule has 0 heterocycles. The Hall–Kier alpha value is -1.72. The molecule has 0 saturated heterocycles. The number of halogens is 3. The Morgan fingerprint density at radius 2 is 1.84 bits per heavy atom. The van der Waals surface area contributed by atoms with Crippen LogP contribution in [0, 0.1) is 5.41 Å². The highest BCUT2D eigenvalue weighted by molar-refractivity contribution is 5.90. The van der Waals surface area contributed by atoms with Crippen molar-refractivity contribution >= 4 is 11.7 Å². The highest BCUT2D eigenvalue weighted by Gasteiger charge is 2.35. The summed E-state index contributed by atoms with van der Waals surface area (Å²) >= 11 is 0. The number of rotatable bonds is 3. The van der Waals surface area contributed by atoms with Crippen molar-refractivity contribution in [3.05, 3.63) is 29.3 Å². The molecule has 0 aliphatic rings. The minimum atomic E-state index is -4.69. The van der Waals surface area contributed by atoms with Crippen molar-refractivity contribution in [2.45, 2.75) is 26.9 Å². The maximum Gasteiger partial charge on any atom is 0.417 e. The molecule has 1 aromatic rings. The van der Waals surface area contributed by atoms with E-state index in [1.807, 2.05) is 20.8 Å². The molecule has 1 aromatic carbocycles. The number of anilines is 1. The fraction of sp³-hybridized carbons (Fsp3) is 0.462. The first-order valence-corrected chi connectivity index (χ1v) is 5.69. The number of hydrogen-bond acceptors (Lipinski definition) is 2. The molecular weight excluding hydrogens is 259 g/mol. The average Bonchev–Trinajstić information content (AvgIpc) is 2.23. The Balaban J connectivity index is 3.09. The molecular formula is C13H16F3NO2. The van der Waals surface area contributed by atoms with E-state index < -0.39 is 23.3 Å². The van der Waals surface area contributed by atoms with Gasteiger partial charge in [-0.15, -0.1) is 0 Å². The smallest absolute Gasteiger partial charge is 0.417 e. The Kier molecular flexibility index (Phi) is 4.12. The summed E-state index contributed by atoms with van der Waals surface area (Å²) in [6, 6.07) is 3.13. The summed E-state index contributed by atoms with van der Waals surface area (Å²) in [6.45, 7) is 6.31. The third-order valence-electron chi connectivity index (χ3n) is 2.38. The predicted molar refractivity (Wildman–Crippen MR) is 66.3 cm³/mol. The number of carbonyl (C=O) groups is 1. The summed E-state index contributed by atoms with van der Waals surface area (Å²) in [6.07, 6.45) is -4.69. The minimum Gasteiger partial charge on any atom is -0.478 e. The fourth-order valence-corrected chi connectivity index (χ4v) is 1.44. The number of benzene rings is 1. The van der Waals surface area contributed by atoms with Gasteiger partial charge in [0.2, 0.25) is 0 Å². The lowest BCUT2D eigenvalue weighted by atomic mass is 9.96. The van der Waals surface area contributed by atoms with Crippen LogP contribution in [0.15, 0.2) is 18.2 Å². The zero-order valence-corrected chi connectivity index (χ0v) is 10.9. The van der Waals surface area contributed by atoms with Crippen LogP contribution in [0.5, 0.6) is 0 Å². The summed E-state index contributed by atoms with van der Waals surface area (Å²) in [5.74, 6) is -1.59. The monoisotopic (exact) mass is 275 g/mol. The van der Waals surface area contributed by atoms with Crippen LogP contribution in [0.1, 0.15) is 36.7 Å². The van der Waals surface area contributed by atoms with Gasteiger partial charge in [-0.05, 0) is 23.6 Å². The topological polar surface area (TPSA) is 49.3 Å². The second-order valence-corrected chi connectivity index (χ2v) is 5.48. The van der Waals surface area contributed by atoms with Crippen molar-refractivity contribution in [1.29, 1.82) is 0 Å². The van der Waals surface area contributed by atoms with Gasteiger partial charge < -0.3 is 10.4 Å². The molecule has 0 aliphatic heterocycles. The van der Waals surface area contributed by atoms with Gasteiger partial charge in [-0.2, -0.15) is 13.2 Å². The largest absolute Gasteiger partial charge is 0.478 e. The highest BCUT2D eigenvalue weighted by atomic mass is 19.4. The first-order valence-electron chi connectivity index (χ1n) is 5.69. The Bertz CT molecular complexity index is 476. The second-order valence-electron chi connectivity index (χ2n) is 5.48. The summed E-state index contributed by atoms with van der Waals surface area (Å²) in [5.41, 5.74) is -1.72. The SMILES string of the molecule is CC(C)(C)CNc1ccc(C(=O)O)c(C(F)(F)F)c1. The molecule has 0 atom stereocenters. The summed E-state index contributed by atoms with van der Waals surface area (Å²) in [7, 11) is 0. The van der Waals surface area contributed by atoms with Gasteiger partial charge >= 0.3 is 12.1 Å². The van der Waals surface area contributed by atoms with Crippen molar-refractivity contribution < 1.29 is 23.1 Å². The molecule has 0 saturated carbocycles. The van der Waals surface area contributed by atoms with Gasteiger partial charge in [0.1, 0.15) is 0 Å². The molecule has 0 spiro atoms. The number of hydrogen-bond donors (Lipinski definition) is 2. The van der Waals surface area contributed by atoms with Crippen molar-refractivity contribution in [2.24, 2.45) is 5.41 Å². The minimum absolute atomic E-state index is 0.0934. The number of aromatic carboxylic acids is 1. The molecule has 6 heteroatoms. The van der Waals surface area contributed by atoms with Gasteiger partial charge in [0, 0.05) is 12.2 Å². The molecule has 3 nitrogen and oxygen atoms in total. The molecule has 0 radical (unpaired) electrons. The van der Waals surface area contributed by atoms with E-state index in [-0.39, 0.29) is 11.1 Å². The van der Waals surface area contributed by atoms with Crippen molar-refractivity contribution in [1.82, 2.24) is 0 Å². The van der Waals surface area contributed by atoms with Gasteiger partial charge in [-0.1, -0.05) is 20.8 Å². The molecule has 1 rings (SSSR count). The van der Waals surface area contributed by atoms with Crippen molar-refractivity contribution in [2.75, 3.05) is 11.9 Å². The van der Waals surface area contributed by atoms with Crippen LogP contribution in [0.2, 0.25) is 0 Å². The van der Waals surface area contributed by atoms with E-state index in [0.717, 1.165) is 12.1 Å². The van der Waals surface area contributed by atoms with Gasteiger partial charge in [0.15, 0.2) is 0 Å². The van der Waals surface area contributed by atoms with E-state index in [0.29, 0.717) is 6.54 Å². The van der Waals surface area contributed by atoms with Gasteiger partial charge in [0.05, 0.1) is 11.1 Å². The van der Waals surface area contributed by atoms with E-state index in [4.69, 9.17) is 5.11 Å². The van der Waals surface area contributed by atoms with E-state index >= 15 is 0 Å². The summed E-state index contributed by atoms with van der Waals surface area (Å²) < 4.78 is 38.3. The molecule has 0 fully saturated rings. The lowest BCUT2D eigenvalue weighted by Gasteiger charge is -2.20. The molecule has 19 heavy (non-hydrogen) atoms. The normalized spacial score (nSPS) is 12.3. The molecule has 0 aliphatic carbocycles. The summed E-state index contributed by atoms with van der Waals surface area (Å²) in [5, 5.41) is 11.6. The van der Waals surface area contributed by atoms with Crippen LogP contribution in [-0.4, -0.2) is 17.6 Å². The maximum atomic E-state index is 12.8. The number of nitrogens with one attached hydrogen (secondary N) is 1. The fourth-order valence-electron chi connectivity index (χ4n) is 1.44. The molecule has 0 aromatic heterocycles. The van der Waals surface area contributed by atoms with Crippen LogP contribution in [0.3, 0.4) is 0 Å². The first kappa shape index (κ1) is 15.3.